The second kappa shape index (κ2) is 5.14. The number of para-hydroxylation sites is 1. The third-order valence-electron chi connectivity index (χ3n) is 2.28. The Morgan fingerprint density at radius 2 is 1.88 bits per heavy atom. The van der Waals surface area contributed by atoms with Gasteiger partial charge in [0.2, 0.25) is 5.95 Å². The first-order valence-corrected chi connectivity index (χ1v) is 6.33. The first-order chi connectivity index (χ1) is 8.20. The van der Waals surface area contributed by atoms with Crippen LogP contribution in [-0.2, 0) is 0 Å². The van der Waals surface area contributed by atoms with E-state index in [9.17, 15) is 4.39 Å². The quantitative estimate of drug-likeness (QED) is 0.514. The van der Waals surface area contributed by atoms with Gasteiger partial charge in [-0.3, -0.25) is 0 Å². The molecule has 17 heavy (non-hydrogen) atoms. The maximum atomic E-state index is 13.5. The Balaban J connectivity index is 2.35. The van der Waals surface area contributed by atoms with Gasteiger partial charge in [0.1, 0.15) is 5.82 Å². The van der Waals surface area contributed by atoms with Crippen molar-refractivity contribution in [1.82, 2.24) is 9.97 Å². The molecular weight excluding hydrogens is 237 g/mol. The van der Waals surface area contributed by atoms with Crippen LogP contribution in [0.25, 0.3) is 0 Å². The third-order valence-corrected chi connectivity index (χ3v) is 2.83. The molecule has 0 saturated heterocycles. The zero-order chi connectivity index (χ0) is 12.3. The van der Waals surface area contributed by atoms with Gasteiger partial charge < -0.3 is 5.32 Å². The number of nitrogens with zero attached hydrogens (tertiary/aromatic N) is 2. The molecule has 1 N–H and O–H groups in total. The lowest BCUT2D eigenvalue weighted by Gasteiger charge is -2.09. The van der Waals surface area contributed by atoms with Gasteiger partial charge in [-0.25, -0.2) is 4.98 Å². The summed E-state index contributed by atoms with van der Waals surface area (Å²) in [4.78, 5) is 7.99. The molecule has 0 fully saturated rings. The number of rotatable bonds is 3. The van der Waals surface area contributed by atoms with Gasteiger partial charge in [0.25, 0.3) is 0 Å². The number of benzene rings is 1. The molecule has 0 bridgehead atoms. The van der Waals surface area contributed by atoms with Gasteiger partial charge in [-0.1, -0.05) is 30.0 Å². The largest absolute Gasteiger partial charge is 0.340 e. The molecule has 1 heterocycles. The van der Waals surface area contributed by atoms with Crippen molar-refractivity contribution in [1.29, 1.82) is 0 Å². The number of aromatic nitrogens is 2. The Bertz CT molecular complexity index is 517. The maximum absolute atomic E-state index is 13.5. The first-order valence-electron chi connectivity index (χ1n) is 5.11. The van der Waals surface area contributed by atoms with Gasteiger partial charge in [0.15, 0.2) is 5.16 Å². The Hall–Kier alpha value is -1.62. The van der Waals surface area contributed by atoms with E-state index >= 15 is 0 Å². The molecule has 1 aromatic carbocycles. The molecule has 5 heteroatoms. The van der Waals surface area contributed by atoms with Crippen LogP contribution in [0.2, 0.25) is 0 Å². The van der Waals surface area contributed by atoms with Crippen molar-refractivity contribution in [3.8, 4) is 0 Å². The van der Waals surface area contributed by atoms with E-state index in [1.54, 1.807) is 6.92 Å². The molecule has 0 radical (unpaired) electrons. The van der Waals surface area contributed by atoms with Gasteiger partial charge in [-0.2, -0.15) is 9.37 Å². The summed E-state index contributed by atoms with van der Waals surface area (Å²) in [5, 5.41) is 3.51. The number of hydrogen-bond donors (Lipinski definition) is 1. The van der Waals surface area contributed by atoms with E-state index in [1.165, 1.54) is 11.8 Å². The van der Waals surface area contributed by atoms with Crippen LogP contribution < -0.4 is 5.32 Å². The number of halogens is 1. The van der Waals surface area contributed by atoms with E-state index in [-0.39, 0.29) is 0 Å². The smallest absolute Gasteiger partial charge is 0.221 e. The van der Waals surface area contributed by atoms with Crippen molar-refractivity contribution in [2.45, 2.75) is 12.1 Å². The minimum absolute atomic E-state index is 0.423. The molecule has 0 aliphatic heterocycles. The van der Waals surface area contributed by atoms with E-state index in [1.807, 2.05) is 36.6 Å². The van der Waals surface area contributed by atoms with Gasteiger partial charge in [0.05, 0.1) is 0 Å². The molecule has 0 spiro atoms. The number of nitrogens with one attached hydrogen (secondary N) is 1. The Kier molecular flexibility index (Phi) is 3.58. The Morgan fingerprint density at radius 1 is 1.18 bits per heavy atom. The number of anilines is 2. The van der Waals surface area contributed by atoms with Crippen molar-refractivity contribution in [2.24, 2.45) is 0 Å². The summed E-state index contributed by atoms with van der Waals surface area (Å²) >= 11 is 1.31. The molecule has 0 amide bonds. The van der Waals surface area contributed by atoms with Crippen molar-refractivity contribution in [2.75, 3.05) is 11.6 Å². The summed E-state index contributed by atoms with van der Waals surface area (Å²) < 4.78 is 13.5. The van der Waals surface area contributed by atoms with Crippen LogP contribution in [0.3, 0.4) is 0 Å². The molecule has 2 rings (SSSR count). The topological polar surface area (TPSA) is 37.8 Å². The van der Waals surface area contributed by atoms with Gasteiger partial charge in [-0.15, -0.1) is 0 Å². The summed E-state index contributed by atoms with van der Waals surface area (Å²) in [5.74, 6) is 0.0239. The minimum Gasteiger partial charge on any atom is -0.340 e. The van der Waals surface area contributed by atoms with E-state index in [0.717, 1.165) is 5.69 Å². The van der Waals surface area contributed by atoms with Crippen LogP contribution in [0.4, 0.5) is 15.9 Å². The average Bonchev–Trinajstić information content (AvgIpc) is 2.36. The van der Waals surface area contributed by atoms with Crippen LogP contribution in [0, 0.1) is 12.9 Å². The highest BCUT2D eigenvalue weighted by Crippen LogP contribution is 2.22. The highest BCUT2D eigenvalue weighted by atomic mass is 32.2. The van der Waals surface area contributed by atoms with Crippen molar-refractivity contribution in [3.05, 3.63) is 41.8 Å². The van der Waals surface area contributed by atoms with Crippen molar-refractivity contribution < 1.29 is 4.39 Å². The van der Waals surface area contributed by atoms with Crippen molar-refractivity contribution >= 4 is 23.3 Å². The second-order valence-corrected chi connectivity index (χ2v) is 4.24. The van der Waals surface area contributed by atoms with Crippen LogP contribution in [0.15, 0.2) is 35.5 Å². The molecule has 88 valence electrons. The van der Waals surface area contributed by atoms with E-state index in [2.05, 4.69) is 15.3 Å². The van der Waals surface area contributed by atoms with E-state index in [0.29, 0.717) is 16.5 Å². The third kappa shape index (κ3) is 2.74. The molecular formula is C12H12FN3S. The summed E-state index contributed by atoms with van der Waals surface area (Å²) in [7, 11) is 0. The molecule has 0 saturated carbocycles. The highest BCUT2D eigenvalue weighted by molar-refractivity contribution is 7.98. The standard InChI is InChI=1S/C12H12FN3S/c1-8-10(13)15-12(17-2)16-11(8)14-9-6-4-3-5-7-9/h3-7H,1-2H3,(H,14,15,16). The molecule has 1 aromatic heterocycles. The molecule has 0 aliphatic carbocycles. The highest BCUT2D eigenvalue weighted by Gasteiger charge is 2.10. The molecule has 0 aliphatic rings. The first kappa shape index (κ1) is 11.9. The van der Waals surface area contributed by atoms with E-state index < -0.39 is 5.95 Å². The molecule has 0 atom stereocenters. The molecule has 2 aromatic rings. The zero-order valence-corrected chi connectivity index (χ0v) is 10.4. The summed E-state index contributed by atoms with van der Waals surface area (Å²) in [5.41, 5.74) is 1.30. The lowest BCUT2D eigenvalue weighted by Crippen LogP contribution is -2.02. The summed E-state index contributed by atoms with van der Waals surface area (Å²) in [6, 6.07) is 9.54. The van der Waals surface area contributed by atoms with Crippen LogP contribution in [0.1, 0.15) is 5.56 Å². The van der Waals surface area contributed by atoms with Crippen LogP contribution in [-0.4, -0.2) is 16.2 Å². The van der Waals surface area contributed by atoms with Crippen LogP contribution in [0.5, 0.6) is 0 Å². The second-order valence-electron chi connectivity index (χ2n) is 3.47. The van der Waals surface area contributed by atoms with E-state index in [4.69, 9.17) is 0 Å². The zero-order valence-electron chi connectivity index (χ0n) is 9.57. The molecule has 0 unspecified atom stereocenters. The molecule has 3 nitrogen and oxygen atoms in total. The SMILES string of the molecule is CSc1nc(F)c(C)c(Nc2ccccc2)n1. The van der Waals surface area contributed by atoms with Gasteiger partial charge in [-0.05, 0) is 25.3 Å². The van der Waals surface area contributed by atoms with Gasteiger partial charge >= 0.3 is 0 Å². The predicted octanol–water partition coefficient (Wildman–Crippen LogP) is 3.39. The number of thioether (sulfide) groups is 1. The fraction of sp³-hybridized carbons (Fsp3) is 0.167. The summed E-state index contributed by atoms with van der Waals surface area (Å²) in [6.45, 7) is 1.66. The van der Waals surface area contributed by atoms with Gasteiger partial charge in [0, 0.05) is 11.3 Å². The lowest BCUT2D eigenvalue weighted by molar-refractivity contribution is 0.555. The minimum atomic E-state index is -0.484. The normalized spacial score (nSPS) is 10.3. The average molecular weight is 249 g/mol. The predicted molar refractivity (Wildman–Crippen MR) is 68.2 cm³/mol. The van der Waals surface area contributed by atoms with Crippen LogP contribution >= 0.6 is 11.8 Å². The monoisotopic (exact) mass is 249 g/mol. The maximum Gasteiger partial charge on any atom is 0.221 e. The Labute approximate surface area is 103 Å². The number of hydrogen-bond acceptors (Lipinski definition) is 4. The summed E-state index contributed by atoms with van der Waals surface area (Å²) in [6.07, 6.45) is 1.82. The fourth-order valence-electron chi connectivity index (χ4n) is 1.34. The Morgan fingerprint density at radius 3 is 2.53 bits per heavy atom. The fourth-order valence-corrected chi connectivity index (χ4v) is 1.70. The lowest BCUT2D eigenvalue weighted by atomic mass is 10.3. The van der Waals surface area contributed by atoms with Crippen molar-refractivity contribution in [3.63, 3.8) is 0 Å².